The Morgan fingerprint density at radius 3 is 2.95 bits per heavy atom. The normalized spacial score (nSPS) is 22.6. The number of hydrogen-bond acceptors (Lipinski definition) is 3. The second-order valence-electron chi connectivity index (χ2n) is 6.67. The molecule has 0 amide bonds. The van der Waals surface area contributed by atoms with E-state index in [1.165, 1.54) is 37.1 Å². The Hall–Kier alpha value is -1.34. The Morgan fingerprint density at radius 1 is 1.50 bits per heavy atom. The molecular formula is C16H24N4. The first kappa shape index (κ1) is 13.6. The minimum absolute atomic E-state index is 0.320. The van der Waals surface area contributed by atoms with Crippen LogP contribution in [0, 0.1) is 11.3 Å². The van der Waals surface area contributed by atoms with Crippen LogP contribution < -0.4 is 5.32 Å². The maximum Gasteiger partial charge on any atom is 0.106 e. The van der Waals surface area contributed by atoms with Gasteiger partial charge in [-0.25, -0.2) is 4.98 Å². The number of imidazole rings is 1. The lowest BCUT2D eigenvalue weighted by atomic mass is 9.94. The summed E-state index contributed by atoms with van der Waals surface area (Å²) >= 11 is 0. The summed E-state index contributed by atoms with van der Waals surface area (Å²) < 4.78 is 2.30. The average molecular weight is 272 g/mol. The predicted molar refractivity (Wildman–Crippen MR) is 78.4 cm³/mol. The van der Waals surface area contributed by atoms with Crippen LogP contribution >= 0.6 is 0 Å². The van der Waals surface area contributed by atoms with Crippen LogP contribution in [0.3, 0.4) is 0 Å². The predicted octanol–water partition coefficient (Wildman–Crippen LogP) is 2.75. The van der Waals surface area contributed by atoms with Gasteiger partial charge in [0.15, 0.2) is 0 Å². The molecule has 0 aromatic carbocycles. The van der Waals surface area contributed by atoms with Crippen molar-refractivity contribution >= 4 is 0 Å². The standard InChI is InChI=1S/C16H24N4/c1-12(9-16(2,10-17)19-13-7-8-13)20-11-18-14-5-3-4-6-15(14)20/h11-13,19H,3-9H2,1-2H3. The van der Waals surface area contributed by atoms with Gasteiger partial charge in [0.05, 0.1) is 18.1 Å². The highest BCUT2D eigenvalue weighted by Crippen LogP contribution is 2.29. The highest BCUT2D eigenvalue weighted by molar-refractivity contribution is 5.18. The lowest BCUT2D eigenvalue weighted by Crippen LogP contribution is -2.44. The second-order valence-corrected chi connectivity index (χ2v) is 6.67. The maximum atomic E-state index is 9.51. The van der Waals surface area contributed by atoms with Crippen LogP contribution in [-0.4, -0.2) is 21.1 Å². The molecule has 3 rings (SSSR count). The van der Waals surface area contributed by atoms with Gasteiger partial charge in [-0.1, -0.05) is 0 Å². The van der Waals surface area contributed by atoms with Crippen LogP contribution in [0.4, 0.5) is 0 Å². The van der Waals surface area contributed by atoms with Crippen molar-refractivity contribution in [1.82, 2.24) is 14.9 Å². The van der Waals surface area contributed by atoms with Gasteiger partial charge in [0.2, 0.25) is 0 Å². The van der Waals surface area contributed by atoms with Crippen LogP contribution in [0.2, 0.25) is 0 Å². The van der Waals surface area contributed by atoms with Crippen molar-refractivity contribution in [3.05, 3.63) is 17.7 Å². The summed E-state index contributed by atoms with van der Waals surface area (Å²) in [5, 5.41) is 13.0. The summed E-state index contributed by atoms with van der Waals surface area (Å²) in [5.41, 5.74) is 2.25. The Balaban J connectivity index is 1.73. The molecule has 20 heavy (non-hydrogen) atoms. The highest BCUT2D eigenvalue weighted by atomic mass is 15.1. The van der Waals surface area contributed by atoms with Gasteiger partial charge in [0.25, 0.3) is 0 Å². The number of nitriles is 1. The van der Waals surface area contributed by atoms with E-state index in [1.807, 2.05) is 13.3 Å². The summed E-state index contributed by atoms with van der Waals surface area (Å²) in [6.45, 7) is 4.24. The lowest BCUT2D eigenvalue weighted by molar-refractivity contribution is 0.340. The minimum Gasteiger partial charge on any atom is -0.331 e. The number of aryl methyl sites for hydroxylation is 1. The molecule has 2 aliphatic rings. The zero-order chi connectivity index (χ0) is 14.2. The molecule has 0 radical (unpaired) electrons. The molecule has 2 aliphatic carbocycles. The summed E-state index contributed by atoms with van der Waals surface area (Å²) in [4.78, 5) is 4.57. The molecule has 0 aliphatic heterocycles. The first-order valence-corrected chi connectivity index (χ1v) is 7.85. The van der Waals surface area contributed by atoms with Gasteiger partial charge in [-0.3, -0.25) is 5.32 Å². The Bertz CT molecular complexity index is 523. The summed E-state index contributed by atoms with van der Waals surface area (Å²) in [6.07, 6.45) is 10.0. The van der Waals surface area contributed by atoms with Crippen LogP contribution in [0.15, 0.2) is 6.33 Å². The first-order chi connectivity index (χ1) is 9.61. The van der Waals surface area contributed by atoms with E-state index in [-0.39, 0.29) is 0 Å². The number of rotatable bonds is 5. The van der Waals surface area contributed by atoms with Gasteiger partial charge in [-0.2, -0.15) is 5.26 Å². The quantitative estimate of drug-likeness (QED) is 0.896. The third kappa shape index (κ3) is 2.73. The number of nitrogens with zero attached hydrogens (tertiary/aromatic N) is 3. The molecule has 4 heteroatoms. The van der Waals surface area contributed by atoms with Gasteiger partial charge < -0.3 is 4.57 Å². The summed E-state index contributed by atoms with van der Waals surface area (Å²) in [6, 6.07) is 3.36. The molecule has 0 saturated heterocycles. The van der Waals surface area contributed by atoms with E-state index in [9.17, 15) is 5.26 Å². The zero-order valence-corrected chi connectivity index (χ0v) is 12.5. The molecule has 1 aromatic heterocycles. The van der Waals surface area contributed by atoms with E-state index in [4.69, 9.17) is 0 Å². The number of fused-ring (bicyclic) bond motifs is 1. The van der Waals surface area contributed by atoms with E-state index in [1.54, 1.807) is 0 Å². The van der Waals surface area contributed by atoms with E-state index in [2.05, 4.69) is 27.9 Å². The molecule has 108 valence electrons. The molecule has 1 fully saturated rings. The molecule has 0 spiro atoms. The van der Waals surface area contributed by atoms with Crippen molar-refractivity contribution < 1.29 is 0 Å². The molecule has 2 atom stereocenters. The minimum atomic E-state index is -0.424. The van der Waals surface area contributed by atoms with Gasteiger partial charge >= 0.3 is 0 Å². The molecule has 1 saturated carbocycles. The molecule has 1 aromatic rings. The van der Waals surface area contributed by atoms with Crippen molar-refractivity contribution in [3.63, 3.8) is 0 Å². The van der Waals surface area contributed by atoms with E-state index in [0.717, 1.165) is 19.3 Å². The summed E-state index contributed by atoms with van der Waals surface area (Å²) in [7, 11) is 0. The number of aromatic nitrogens is 2. The molecular weight excluding hydrogens is 248 g/mol. The van der Waals surface area contributed by atoms with E-state index >= 15 is 0 Å². The van der Waals surface area contributed by atoms with Crippen molar-refractivity contribution in [2.45, 2.75) is 76.4 Å². The van der Waals surface area contributed by atoms with Gasteiger partial charge in [-0.05, 0) is 58.8 Å². The van der Waals surface area contributed by atoms with Gasteiger partial charge in [0.1, 0.15) is 5.54 Å². The van der Waals surface area contributed by atoms with Crippen LogP contribution in [0.5, 0.6) is 0 Å². The van der Waals surface area contributed by atoms with Crippen LogP contribution in [0.1, 0.15) is 63.4 Å². The number of nitrogens with one attached hydrogen (secondary N) is 1. The first-order valence-electron chi connectivity index (χ1n) is 7.85. The highest BCUT2D eigenvalue weighted by Gasteiger charge is 2.34. The zero-order valence-electron chi connectivity index (χ0n) is 12.5. The van der Waals surface area contributed by atoms with Crippen LogP contribution in [0.25, 0.3) is 0 Å². The fraction of sp³-hybridized carbons (Fsp3) is 0.750. The second kappa shape index (κ2) is 5.21. The fourth-order valence-corrected chi connectivity index (χ4v) is 3.38. The summed E-state index contributed by atoms with van der Waals surface area (Å²) in [5.74, 6) is 0. The van der Waals surface area contributed by atoms with Crippen LogP contribution in [-0.2, 0) is 12.8 Å². The SMILES string of the molecule is CC(CC(C)(C#N)NC1CC1)n1cnc2c1CCCC2. The fourth-order valence-electron chi connectivity index (χ4n) is 3.38. The maximum absolute atomic E-state index is 9.51. The lowest BCUT2D eigenvalue weighted by Gasteiger charge is -2.28. The smallest absolute Gasteiger partial charge is 0.106 e. The average Bonchev–Trinajstić information content (AvgIpc) is 3.14. The van der Waals surface area contributed by atoms with Crippen molar-refractivity contribution in [3.8, 4) is 6.07 Å². The Morgan fingerprint density at radius 2 is 2.25 bits per heavy atom. The third-order valence-electron chi connectivity index (χ3n) is 4.59. The Labute approximate surface area is 121 Å². The molecule has 1 heterocycles. The van der Waals surface area contributed by atoms with Crippen molar-refractivity contribution in [1.29, 1.82) is 5.26 Å². The molecule has 2 unspecified atom stereocenters. The van der Waals surface area contributed by atoms with E-state index < -0.39 is 5.54 Å². The van der Waals surface area contributed by atoms with Gasteiger partial charge in [-0.15, -0.1) is 0 Å². The van der Waals surface area contributed by atoms with Gasteiger partial charge in [0, 0.05) is 17.8 Å². The molecule has 1 N–H and O–H groups in total. The van der Waals surface area contributed by atoms with E-state index in [0.29, 0.717) is 12.1 Å². The van der Waals surface area contributed by atoms with Crippen molar-refractivity contribution in [2.24, 2.45) is 0 Å². The third-order valence-corrected chi connectivity index (χ3v) is 4.59. The monoisotopic (exact) mass is 272 g/mol. The molecule has 4 nitrogen and oxygen atoms in total. The largest absolute Gasteiger partial charge is 0.331 e. The van der Waals surface area contributed by atoms with Crippen molar-refractivity contribution in [2.75, 3.05) is 0 Å². The Kier molecular flexibility index (Phi) is 3.55. The molecule has 0 bridgehead atoms. The topological polar surface area (TPSA) is 53.6 Å². The number of hydrogen-bond donors (Lipinski definition) is 1.